The second-order valence-corrected chi connectivity index (χ2v) is 11.1. The monoisotopic (exact) mass is 473 g/mol. The van der Waals surface area contributed by atoms with Gasteiger partial charge in [-0.15, -0.1) is 0 Å². The van der Waals surface area contributed by atoms with E-state index in [1.165, 1.54) is 0 Å². The van der Waals surface area contributed by atoms with E-state index in [1.54, 1.807) is 48.5 Å². The molecule has 0 bridgehead atoms. The Morgan fingerprint density at radius 3 is 1.38 bits per heavy atom. The summed E-state index contributed by atoms with van der Waals surface area (Å²) in [7, 11) is -7.14. The molecule has 170 valence electrons. The third-order valence-corrected chi connectivity index (χ3v) is 7.83. The van der Waals surface area contributed by atoms with Crippen LogP contribution in [0, 0.1) is 13.8 Å². The van der Waals surface area contributed by atoms with E-state index >= 15 is 0 Å². The number of nitrogens with one attached hydrogen (secondary N) is 2. The van der Waals surface area contributed by atoms with E-state index in [4.69, 9.17) is 0 Å². The lowest BCUT2D eigenvalue weighted by molar-refractivity contribution is 0.580. The van der Waals surface area contributed by atoms with Gasteiger partial charge in [-0.05, 0) is 50.2 Å². The van der Waals surface area contributed by atoms with Gasteiger partial charge in [0.25, 0.3) is 0 Å². The van der Waals surface area contributed by atoms with Crippen molar-refractivity contribution >= 4 is 20.0 Å². The van der Waals surface area contributed by atoms with Crippen LogP contribution in [0.1, 0.15) is 22.5 Å². The Hall–Kier alpha value is -2.59. The predicted octanol–water partition coefficient (Wildman–Crippen LogP) is 2.74. The van der Waals surface area contributed by atoms with Crippen LogP contribution in [-0.4, -0.2) is 34.9 Å². The molecule has 0 aliphatic rings. The molecule has 0 aliphatic carbocycles. The van der Waals surface area contributed by atoms with Crippen molar-refractivity contribution in [1.82, 2.24) is 14.4 Å². The van der Waals surface area contributed by atoms with Gasteiger partial charge in [-0.1, -0.05) is 41.5 Å². The topological polar surface area (TPSA) is 105 Å². The van der Waals surface area contributed by atoms with E-state index in [-0.39, 0.29) is 22.9 Å². The van der Waals surface area contributed by atoms with Crippen LogP contribution in [0.4, 0.5) is 0 Å². The first-order valence-corrected chi connectivity index (χ1v) is 13.2. The van der Waals surface area contributed by atoms with Crippen molar-refractivity contribution in [3.8, 4) is 0 Å². The number of sulfonamides is 2. The summed E-state index contributed by atoms with van der Waals surface area (Å²) in [5, 5.41) is 0. The molecule has 2 N–H and O–H groups in total. The Bertz CT molecular complexity index is 1160. The summed E-state index contributed by atoms with van der Waals surface area (Å²) in [4.78, 5) is 4.97. The number of aromatic nitrogens is 1. The highest BCUT2D eigenvalue weighted by atomic mass is 32.2. The number of hydrogen-bond acceptors (Lipinski definition) is 5. The maximum Gasteiger partial charge on any atom is 0.240 e. The predicted molar refractivity (Wildman–Crippen MR) is 124 cm³/mol. The van der Waals surface area contributed by atoms with Crippen molar-refractivity contribution in [3.05, 3.63) is 89.2 Å². The number of hydrogen-bond donors (Lipinski definition) is 2. The van der Waals surface area contributed by atoms with Gasteiger partial charge in [0.15, 0.2) is 0 Å². The zero-order valence-corrected chi connectivity index (χ0v) is 19.7. The van der Waals surface area contributed by atoms with Crippen LogP contribution in [0.5, 0.6) is 0 Å². The van der Waals surface area contributed by atoms with Gasteiger partial charge in [0, 0.05) is 37.3 Å². The summed E-state index contributed by atoms with van der Waals surface area (Å²) >= 11 is 0. The maximum absolute atomic E-state index is 12.4. The first kappa shape index (κ1) is 24.1. The van der Waals surface area contributed by atoms with Crippen molar-refractivity contribution in [1.29, 1.82) is 0 Å². The minimum atomic E-state index is -3.57. The molecule has 0 amide bonds. The van der Waals surface area contributed by atoms with Crippen LogP contribution in [-0.2, 0) is 32.9 Å². The van der Waals surface area contributed by atoms with Gasteiger partial charge in [0.2, 0.25) is 20.0 Å². The lowest BCUT2D eigenvalue weighted by Crippen LogP contribution is -2.27. The fourth-order valence-electron chi connectivity index (χ4n) is 3.04. The van der Waals surface area contributed by atoms with Gasteiger partial charge in [-0.2, -0.15) is 0 Å². The van der Waals surface area contributed by atoms with Gasteiger partial charge < -0.3 is 0 Å². The maximum atomic E-state index is 12.4. The molecule has 0 atom stereocenters. The summed E-state index contributed by atoms with van der Waals surface area (Å²) in [5.74, 6) is 0. The summed E-state index contributed by atoms with van der Waals surface area (Å²) in [6, 6.07) is 18.8. The summed E-state index contributed by atoms with van der Waals surface area (Å²) in [6.45, 7) is 4.23. The highest BCUT2D eigenvalue weighted by Crippen LogP contribution is 2.11. The fourth-order valence-corrected chi connectivity index (χ4v) is 5.10. The highest BCUT2D eigenvalue weighted by Gasteiger charge is 2.14. The SMILES string of the molecule is Cc1ccc(S(=O)(=O)NCCc2cccc(CCNS(=O)(=O)c3ccc(C)cc3)n2)cc1. The molecular weight excluding hydrogens is 446 g/mol. The smallest absolute Gasteiger partial charge is 0.240 e. The molecule has 0 saturated carbocycles. The molecule has 0 aliphatic heterocycles. The van der Waals surface area contributed by atoms with E-state index in [2.05, 4.69) is 14.4 Å². The molecule has 1 heterocycles. The molecule has 2 aromatic carbocycles. The average molecular weight is 474 g/mol. The minimum absolute atomic E-state index is 0.215. The standard InChI is InChI=1S/C23H27N3O4S2/c1-18-6-10-22(11-7-18)31(27,28)24-16-14-20-4-3-5-21(26-20)15-17-25-32(29,30)23-12-8-19(2)9-13-23/h3-13,24-25H,14-17H2,1-2H3. The van der Waals surface area contributed by atoms with E-state index < -0.39 is 20.0 Å². The Labute approximate surface area is 190 Å². The van der Waals surface area contributed by atoms with Crippen molar-refractivity contribution in [2.24, 2.45) is 0 Å². The van der Waals surface area contributed by atoms with Gasteiger partial charge in [0.1, 0.15) is 0 Å². The number of pyridine rings is 1. The van der Waals surface area contributed by atoms with Crippen LogP contribution in [0.15, 0.2) is 76.5 Å². The molecule has 32 heavy (non-hydrogen) atoms. The van der Waals surface area contributed by atoms with Crippen LogP contribution < -0.4 is 9.44 Å². The molecule has 9 heteroatoms. The fraction of sp³-hybridized carbons (Fsp3) is 0.261. The van der Waals surface area contributed by atoms with Crippen molar-refractivity contribution < 1.29 is 16.8 Å². The van der Waals surface area contributed by atoms with Crippen LogP contribution in [0.2, 0.25) is 0 Å². The van der Waals surface area contributed by atoms with Crippen LogP contribution in [0.3, 0.4) is 0 Å². The number of nitrogens with zero attached hydrogens (tertiary/aromatic N) is 1. The average Bonchev–Trinajstić information content (AvgIpc) is 2.74. The molecule has 0 unspecified atom stereocenters. The largest absolute Gasteiger partial charge is 0.258 e. The zero-order valence-electron chi connectivity index (χ0n) is 18.1. The van der Waals surface area contributed by atoms with Gasteiger partial charge >= 0.3 is 0 Å². The van der Waals surface area contributed by atoms with E-state index in [0.717, 1.165) is 22.5 Å². The van der Waals surface area contributed by atoms with Crippen molar-refractivity contribution in [3.63, 3.8) is 0 Å². The zero-order chi connectivity index (χ0) is 23.2. The normalized spacial score (nSPS) is 12.1. The molecule has 3 aromatic rings. The van der Waals surface area contributed by atoms with Gasteiger partial charge in [0.05, 0.1) is 9.79 Å². The van der Waals surface area contributed by atoms with Crippen molar-refractivity contribution in [2.45, 2.75) is 36.5 Å². The second-order valence-electron chi connectivity index (χ2n) is 7.54. The molecule has 0 spiro atoms. The molecule has 7 nitrogen and oxygen atoms in total. The van der Waals surface area contributed by atoms with Crippen LogP contribution >= 0.6 is 0 Å². The third-order valence-electron chi connectivity index (χ3n) is 4.87. The summed E-state index contributed by atoms with van der Waals surface area (Å²) in [6.07, 6.45) is 0.849. The first-order valence-electron chi connectivity index (χ1n) is 10.2. The van der Waals surface area contributed by atoms with Crippen LogP contribution in [0.25, 0.3) is 0 Å². The van der Waals surface area contributed by atoms with E-state index in [0.29, 0.717) is 12.8 Å². The lowest BCUT2D eigenvalue weighted by atomic mass is 10.2. The first-order chi connectivity index (χ1) is 15.2. The summed E-state index contributed by atoms with van der Waals surface area (Å²) < 4.78 is 54.7. The third kappa shape index (κ3) is 6.70. The molecule has 0 fully saturated rings. The van der Waals surface area contributed by atoms with E-state index in [9.17, 15) is 16.8 Å². The number of rotatable bonds is 10. The van der Waals surface area contributed by atoms with Gasteiger partial charge in [-0.25, -0.2) is 26.3 Å². The number of benzene rings is 2. The molecular formula is C23H27N3O4S2. The highest BCUT2D eigenvalue weighted by molar-refractivity contribution is 7.89. The summed E-state index contributed by atoms with van der Waals surface area (Å²) in [5.41, 5.74) is 3.45. The molecule has 1 aromatic heterocycles. The molecule has 3 rings (SSSR count). The van der Waals surface area contributed by atoms with Crippen molar-refractivity contribution in [2.75, 3.05) is 13.1 Å². The van der Waals surface area contributed by atoms with E-state index in [1.807, 2.05) is 32.0 Å². The Kier molecular flexibility index (Phi) is 7.78. The Morgan fingerprint density at radius 1 is 0.625 bits per heavy atom. The van der Waals surface area contributed by atoms with Gasteiger partial charge in [-0.3, -0.25) is 4.98 Å². The minimum Gasteiger partial charge on any atom is -0.258 e. The lowest BCUT2D eigenvalue weighted by Gasteiger charge is -2.09. The second kappa shape index (κ2) is 10.4. The number of aryl methyl sites for hydroxylation is 2. The Balaban J connectivity index is 1.52. The molecule has 0 saturated heterocycles. The Morgan fingerprint density at radius 2 is 1.00 bits per heavy atom. The molecule has 0 radical (unpaired) electrons. The quantitative estimate of drug-likeness (QED) is 0.471.